The lowest BCUT2D eigenvalue weighted by Crippen LogP contribution is -1.87. The second kappa shape index (κ2) is 15.9. The van der Waals surface area contributed by atoms with Crippen LogP contribution in [0.4, 0.5) is 0 Å². The summed E-state index contributed by atoms with van der Waals surface area (Å²) in [5.74, 6) is -1.16. The standard InChI is InChI=1S/C12H8Cl2.C4H6O2.C2H4O2.C2H4/c13-11-8-4-7-10(12(11)14)9-5-2-1-3-6-9;1-3-6-4(2)5;1-2(3)4;1-2/h1-8H;3H,1H2,2H3;1H3,(H,3,4);1-2H2. The summed E-state index contributed by atoms with van der Waals surface area (Å²) >= 11 is 12.0. The Balaban J connectivity index is 0. The van der Waals surface area contributed by atoms with Gasteiger partial charge in [0, 0.05) is 19.4 Å². The highest BCUT2D eigenvalue weighted by Crippen LogP contribution is 2.32. The van der Waals surface area contributed by atoms with E-state index >= 15 is 0 Å². The first kappa shape index (κ1) is 25.7. The van der Waals surface area contributed by atoms with Crippen molar-refractivity contribution in [2.75, 3.05) is 0 Å². The van der Waals surface area contributed by atoms with Crippen LogP contribution in [0.2, 0.25) is 10.0 Å². The van der Waals surface area contributed by atoms with Crippen molar-refractivity contribution in [3.63, 3.8) is 0 Å². The fourth-order valence-corrected chi connectivity index (χ4v) is 1.87. The first-order valence-corrected chi connectivity index (χ1v) is 8.02. The highest BCUT2D eigenvalue weighted by atomic mass is 35.5. The second-order valence-corrected chi connectivity index (χ2v) is 5.05. The van der Waals surface area contributed by atoms with Crippen molar-refractivity contribution in [2.45, 2.75) is 13.8 Å². The van der Waals surface area contributed by atoms with Gasteiger partial charge in [-0.15, -0.1) is 13.2 Å². The molecule has 140 valence electrons. The van der Waals surface area contributed by atoms with E-state index in [1.165, 1.54) is 6.92 Å². The first-order chi connectivity index (χ1) is 12.3. The number of carboxylic acids is 1. The van der Waals surface area contributed by atoms with Gasteiger partial charge in [-0.2, -0.15) is 0 Å². The molecule has 1 N–H and O–H groups in total. The molecule has 0 radical (unpaired) electrons. The third-order valence-electron chi connectivity index (χ3n) is 2.29. The molecule has 6 heteroatoms. The molecule has 0 heterocycles. The van der Waals surface area contributed by atoms with E-state index in [2.05, 4.69) is 24.5 Å². The van der Waals surface area contributed by atoms with Crippen molar-refractivity contribution in [2.24, 2.45) is 0 Å². The SMILES string of the molecule is C=C.C=COC(C)=O.CC(=O)O.Clc1cccc(-c2ccccc2)c1Cl. The van der Waals surface area contributed by atoms with Crippen LogP contribution in [0.25, 0.3) is 11.1 Å². The maximum Gasteiger partial charge on any atom is 0.307 e. The average molecular weight is 397 g/mol. The van der Waals surface area contributed by atoms with Crippen LogP contribution < -0.4 is 0 Å². The minimum absolute atomic E-state index is 0.329. The number of aliphatic carboxylic acids is 1. The molecule has 0 aliphatic rings. The molecule has 0 saturated carbocycles. The molecule has 0 spiro atoms. The number of benzene rings is 2. The van der Waals surface area contributed by atoms with Crippen LogP contribution in [0.1, 0.15) is 13.8 Å². The summed E-state index contributed by atoms with van der Waals surface area (Å²) < 4.78 is 4.17. The number of carbonyl (C=O) groups excluding carboxylic acids is 1. The normalized spacial score (nSPS) is 8.15. The lowest BCUT2D eigenvalue weighted by Gasteiger charge is -2.04. The third-order valence-corrected chi connectivity index (χ3v) is 3.10. The van der Waals surface area contributed by atoms with Gasteiger partial charge in [-0.05, 0) is 11.6 Å². The summed E-state index contributed by atoms with van der Waals surface area (Å²) in [7, 11) is 0. The van der Waals surface area contributed by atoms with Crippen LogP contribution in [0.5, 0.6) is 0 Å². The minimum Gasteiger partial charge on any atom is -0.481 e. The van der Waals surface area contributed by atoms with Gasteiger partial charge in [-0.3, -0.25) is 9.59 Å². The smallest absolute Gasteiger partial charge is 0.307 e. The summed E-state index contributed by atoms with van der Waals surface area (Å²) in [6.07, 6.45) is 1.10. The zero-order valence-electron chi connectivity index (χ0n) is 14.7. The number of carbonyl (C=O) groups is 2. The maximum absolute atomic E-state index is 9.75. The van der Waals surface area contributed by atoms with Crippen LogP contribution in [-0.4, -0.2) is 17.0 Å². The van der Waals surface area contributed by atoms with Crippen molar-refractivity contribution in [3.05, 3.63) is 84.6 Å². The Bertz CT molecular complexity index is 681. The fourth-order valence-electron chi connectivity index (χ4n) is 1.46. The van der Waals surface area contributed by atoms with Gasteiger partial charge >= 0.3 is 5.97 Å². The summed E-state index contributed by atoms with van der Waals surface area (Å²) in [6.45, 7) is 11.6. The topological polar surface area (TPSA) is 63.6 Å². The van der Waals surface area contributed by atoms with E-state index in [9.17, 15) is 4.79 Å². The van der Waals surface area contributed by atoms with E-state index in [-0.39, 0.29) is 5.97 Å². The van der Waals surface area contributed by atoms with Gasteiger partial charge in [0.2, 0.25) is 0 Å². The molecular formula is C20H22Cl2O4. The Labute approximate surface area is 164 Å². The molecule has 0 fully saturated rings. The maximum atomic E-state index is 9.75. The Morgan fingerprint density at radius 3 is 1.88 bits per heavy atom. The van der Waals surface area contributed by atoms with Crippen molar-refractivity contribution in [1.82, 2.24) is 0 Å². The summed E-state index contributed by atoms with van der Waals surface area (Å²) in [5.41, 5.74) is 2.06. The van der Waals surface area contributed by atoms with Gasteiger partial charge < -0.3 is 9.84 Å². The Morgan fingerprint density at radius 2 is 1.50 bits per heavy atom. The Kier molecular flexibility index (Phi) is 15.7. The minimum atomic E-state index is -0.833. The molecule has 2 rings (SSSR count). The summed E-state index contributed by atoms with van der Waals surface area (Å²) in [5, 5.41) is 8.62. The zero-order valence-corrected chi connectivity index (χ0v) is 16.3. The molecule has 0 unspecified atom stereocenters. The van der Waals surface area contributed by atoms with Crippen molar-refractivity contribution < 1.29 is 19.4 Å². The molecular weight excluding hydrogens is 375 g/mol. The Morgan fingerprint density at radius 1 is 1.00 bits per heavy atom. The van der Waals surface area contributed by atoms with Gasteiger partial charge in [0.15, 0.2) is 0 Å². The number of hydrogen-bond acceptors (Lipinski definition) is 3. The van der Waals surface area contributed by atoms with E-state index in [1.54, 1.807) is 6.07 Å². The van der Waals surface area contributed by atoms with Crippen molar-refractivity contribution >= 4 is 35.1 Å². The summed E-state index contributed by atoms with van der Waals surface area (Å²) in [4.78, 5) is 18.8. The van der Waals surface area contributed by atoms with E-state index < -0.39 is 5.97 Å². The van der Waals surface area contributed by atoms with Crippen LogP contribution in [0.15, 0.2) is 74.5 Å². The van der Waals surface area contributed by atoms with Crippen molar-refractivity contribution in [3.8, 4) is 11.1 Å². The number of rotatable bonds is 2. The molecule has 2 aromatic rings. The van der Waals surface area contributed by atoms with E-state index in [4.69, 9.17) is 33.1 Å². The van der Waals surface area contributed by atoms with Crippen LogP contribution in [-0.2, 0) is 14.3 Å². The number of ether oxygens (including phenoxy) is 1. The van der Waals surface area contributed by atoms with Crippen LogP contribution in [0.3, 0.4) is 0 Å². The van der Waals surface area contributed by atoms with Crippen molar-refractivity contribution in [1.29, 1.82) is 0 Å². The van der Waals surface area contributed by atoms with Gasteiger partial charge in [0.1, 0.15) is 0 Å². The average Bonchev–Trinajstić information content (AvgIpc) is 2.60. The number of esters is 1. The fraction of sp³-hybridized carbons (Fsp3) is 0.100. The largest absolute Gasteiger partial charge is 0.481 e. The lowest BCUT2D eigenvalue weighted by molar-refractivity contribution is -0.136. The molecule has 4 nitrogen and oxygen atoms in total. The van der Waals surface area contributed by atoms with Crippen LogP contribution in [0, 0.1) is 0 Å². The van der Waals surface area contributed by atoms with E-state index in [0.717, 1.165) is 24.3 Å². The zero-order chi connectivity index (χ0) is 20.5. The molecule has 0 amide bonds. The monoisotopic (exact) mass is 396 g/mol. The summed E-state index contributed by atoms with van der Waals surface area (Å²) in [6, 6.07) is 15.6. The van der Waals surface area contributed by atoms with Gasteiger partial charge in [-0.1, -0.05) is 72.2 Å². The van der Waals surface area contributed by atoms with E-state index in [0.29, 0.717) is 10.0 Å². The molecule has 0 aromatic heterocycles. The molecule has 0 aliphatic carbocycles. The van der Waals surface area contributed by atoms with Gasteiger partial charge in [0.05, 0.1) is 16.3 Å². The number of hydrogen-bond donors (Lipinski definition) is 1. The highest BCUT2D eigenvalue weighted by Gasteiger charge is 2.05. The third kappa shape index (κ3) is 12.8. The molecule has 0 atom stereocenters. The predicted octanol–water partition coefficient (Wildman–Crippen LogP) is 6.25. The Hall–Kier alpha value is -2.56. The van der Waals surface area contributed by atoms with Gasteiger partial charge in [-0.25, -0.2) is 0 Å². The van der Waals surface area contributed by atoms with Gasteiger partial charge in [0.25, 0.3) is 5.97 Å². The molecule has 0 bridgehead atoms. The van der Waals surface area contributed by atoms with E-state index in [1.807, 2.05) is 42.5 Å². The molecule has 0 saturated heterocycles. The first-order valence-electron chi connectivity index (χ1n) is 7.26. The predicted molar refractivity (Wildman–Crippen MR) is 108 cm³/mol. The molecule has 2 aromatic carbocycles. The number of halogens is 2. The van der Waals surface area contributed by atoms with Crippen LogP contribution >= 0.6 is 23.2 Å². The number of carboxylic acid groups (broad SMARTS) is 1. The quantitative estimate of drug-likeness (QED) is 0.370. The lowest BCUT2D eigenvalue weighted by atomic mass is 10.1. The second-order valence-electron chi connectivity index (χ2n) is 4.26. The molecule has 0 aliphatic heterocycles. The molecule has 26 heavy (non-hydrogen) atoms. The highest BCUT2D eigenvalue weighted by molar-refractivity contribution is 6.43.